The SMILES string of the molecule is Cc1ccc(C(CC(=O)O)NC(=O)c2ccc(N3CCCN(C(=O)c4cccs4)CC3)c(NC(=O)C3CCCO3)c2)cc1. The van der Waals surface area contributed by atoms with Crippen LogP contribution in [0.1, 0.15) is 62.9 Å². The van der Waals surface area contributed by atoms with Crippen molar-refractivity contribution < 1.29 is 29.0 Å². The van der Waals surface area contributed by atoms with E-state index in [9.17, 15) is 24.3 Å². The predicted molar refractivity (Wildman–Crippen MR) is 165 cm³/mol. The number of nitrogens with one attached hydrogen (secondary N) is 2. The summed E-state index contributed by atoms with van der Waals surface area (Å²) >= 11 is 1.43. The Kier molecular flexibility index (Phi) is 9.73. The average molecular weight is 605 g/mol. The summed E-state index contributed by atoms with van der Waals surface area (Å²) < 4.78 is 5.59. The zero-order chi connectivity index (χ0) is 30.3. The molecular weight excluding hydrogens is 568 g/mol. The van der Waals surface area contributed by atoms with Gasteiger partial charge in [0.2, 0.25) is 0 Å². The molecule has 3 aromatic rings. The third-order valence-electron chi connectivity index (χ3n) is 7.76. The highest BCUT2D eigenvalue weighted by Gasteiger charge is 2.27. The van der Waals surface area contributed by atoms with E-state index in [0.717, 1.165) is 24.1 Å². The zero-order valence-corrected chi connectivity index (χ0v) is 24.9. The van der Waals surface area contributed by atoms with Crippen molar-refractivity contribution in [3.05, 3.63) is 81.5 Å². The van der Waals surface area contributed by atoms with Crippen LogP contribution in [0.25, 0.3) is 0 Å². The van der Waals surface area contributed by atoms with Crippen LogP contribution in [-0.4, -0.2) is 72.6 Å². The molecule has 2 atom stereocenters. The van der Waals surface area contributed by atoms with E-state index in [1.807, 2.05) is 53.6 Å². The Balaban J connectivity index is 1.38. The number of anilines is 2. The highest BCUT2D eigenvalue weighted by atomic mass is 32.1. The Morgan fingerprint density at radius 1 is 1.02 bits per heavy atom. The predicted octanol–water partition coefficient (Wildman–Crippen LogP) is 4.47. The van der Waals surface area contributed by atoms with Crippen molar-refractivity contribution >= 4 is 46.4 Å². The van der Waals surface area contributed by atoms with Crippen LogP contribution in [-0.2, 0) is 14.3 Å². The summed E-state index contributed by atoms with van der Waals surface area (Å²) in [6.45, 7) is 4.82. The van der Waals surface area contributed by atoms with Crippen molar-refractivity contribution in [2.24, 2.45) is 0 Å². The number of carbonyl (C=O) groups excluding carboxylic acids is 3. The lowest BCUT2D eigenvalue weighted by Gasteiger charge is -2.27. The Morgan fingerprint density at radius 2 is 1.84 bits per heavy atom. The third kappa shape index (κ3) is 7.60. The van der Waals surface area contributed by atoms with Crippen LogP contribution >= 0.6 is 11.3 Å². The summed E-state index contributed by atoms with van der Waals surface area (Å²) in [5.74, 6) is -1.74. The second kappa shape index (κ2) is 13.8. The molecule has 3 N–H and O–H groups in total. The fourth-order valence-electron chi connectivity index (χ4n) is 5.44. The molecule has 10 nitrogen and oxygen atoms in total. The lowest BCUT2D eigenvalue weighted by molar-refractivity contribution is -0.137. The zero-order valence-electron chi connectivity index (χ0n) is 24.1. The van der Waals surface area contributed by atoms with E-state index in [0.29, 0.717) is 60.9 Å². The van der Waals surface area contributed by atoms with Crippen molar-refractivity contribution in [1.29, 1.82) is 0 Å². The molecule has 2 saturated heterocycles. The average Bonchev–Trinajstić information content (AvgIpc) is 3.68. The minimum Gasteiger partial charge on any atom is -0.481 e. The second-order valence-electron chi connectivity index (χ2n) is 10.9. The molecule has 1 aromatic heterocycles. The van der Waals surface area contributed by atoms with E-state index in [2.05, 4.69) is 15.5 Å². The number of hydrogen-bond donors (Lipinski definition) is 3. The van der Waals surface area contributed by atoms with Gasteiger partial charge < -0.3 is 30.3 Å². The standard InChI is InChI=1S/C32H36N4O6S/c1-21-7-9-22(10-8-21)24(20-29(37)38)33-30(39)23-11-12-26(25(19-23)34-31(40)27-5-2-17-42-27)35-13-4-14-36(16-15-35)32(41)28-6-3-18-43-28/h3,6-12,18-19,24,27H,2,4-5,13-17,20H2,1H3,(H,33,39)(H,34,40)(H,37,38). The van der Waals surface area contributed by atoms with Crippen molar-refractivity contribution in [1.82, 2.24) is 10.2 Å². The number of nitrogens with zero attached hydrogens (tertiary/aromatic N) is 2. The van der Waals surface area contributed by atoms with Crippen LogP contribution in [0.5, 0.6) is 0 Å². The van der Waals surface area contributed by atoms with Crippen LogP contribution in [0.15, 0.2) is 60.0 Å². The van der Waals surface area contributed by atoms with E-state index in [1.165, 1.54) is 11.3 Å². The van der Waals surface area contributed by atoms with Gasteiger partial charge in [0.1, 0.15) is 6.10 Å². The van der Waals surface area contributed by atoms with Gasteiger partial charge in [0.15, 0.2) is 0 Å². The van der Waals surface area contributed by atoms with E-state index in [1.54, 1.807) is 18.2 Å². The quantitative estimate of drug-likeness (QED) is 0.329. The number of aliphatic carboxylic acids is 1. The molecule has 226 valence electrons. The first-order valence-electron chi connectivity index (χ1n) is 14.5. The maximum Gasteiger partial charge on any atom is 0.305 e. The lowest BCUT2D eigenvalue weighted by atomic mass is 10.0. The fraction of sp³-hybridized carbons (Fsp3) is 0.375. The van der Waals surface area contributed by atoms with Gasteiger partial charge in [-0.2, -0.15) is 0 Å². The van der Waals surface area contributed by atoms with Gasteiger partial charge in [-0.25, -0.2) is 0 Å². The van der Waals surface area contributed by atoms with Crippen LogP contribution in [0.3, 0.4) is 0 Å². The second-order valence-corrected chi connectivity index (χ2v) is 11.8. The molecule has 2 fully saturated rings. The topological polar surface area (TPSA) is 128 Å². The summed E-state index contributed by atoms with van der Waals surface area (Å²) in [6, 6.07) is 15.5. The van der Waals surface area contributed by atoms with Crippen LogP contribution < -0.4 is 15.5 Å². The molecule has 2 aliphatic heterocycles. The molecule has 2 aromatic carbocycles. The molecule has 0 aliphatic carbocycles. The summed E-state index contributed by atoms with van der Waals surface area (Å²) in [5.41, 5.74) is 3.22. The number of ether oxygens (including phenoxy) is 1. The molecule has 0 saturated carbocycles. The first-order chi connectivity index (χ1) is 20.8. The number of rotatable bonds is 9. The monoisotopic (exact) mass is 604 g/mol. The number of thiophene rings is 1. The van der Waals surface area contributed by atoms with Crippen LogP contribution in [0, 0.1) is 6.92 Å². The van der Waals surface area contributed by atoms with Gasteiger partial charge in [-0.05, 0) is 61.4 Å². The lowest BCUT2D eigenvalue weighted by Crippen LogP contribution is -2.35. The van der Waals surface area contributed by atoms with Crippen molar-refractivity contribution in [3.8, 4) is 0 Å². The molecular formula is C32H36N4O6S. The number of benzene rings is 2. The van der Waals surface area contributed by atoms with Crippen molar-refractivity contribution in [2.45, 2.75) is 44.8 Å². The maximum absolute atomic E-state index is 13.4. The summed E-state index contributed by atoms with van der Waals surface area (Å²) in [5, 5.41) is 17.2. The fourth-order valence-corrected chi connectivity index (χ4v) is 6.13. The molecule has 5 rings (SSSR count). The smallest absolute Gasteiger partial charge is 0.305 e. The number of aryl methyl sites for hydroxylation is 1. The van der Waals surface area contributed by atoms with Gasteiger partial charge in [-0.15, -0.1) is 11.3 Å². The minimum atomic E-state index is -1.03. The summed E-state index contributed by atoms with van der Waals surface area (Å²) in [6.07, 6.45) is 1.33. The number of carboxylic acid groups (broad SMARTS) is 1. The van der Waals surface area contributed by atoms with Crippen molar-refractivity contribution in [3.63, 3.8) is 0 Å². The Hall–Kier alpha value is -4.22. The van der Waals surface area contributed by atoms with E-state index in [-0.39, 0.29) is 18.2 Å². The molecule has 2 aliphatic rings. The number of hydrogen-bond acceptors (Lipinski definition) is 7. The Morgan fingerprint density at radius 3 is 2.53 bits per heavy atom. The van der Waals surface area contributed by atoms with Gasteiger partial charge in [-0.1, -0.05) is 35.9 Å². The van der Waals surface area contributed by atoms with Crippen LogP contribution in [0.4, 0.5) is 11.4 Å². The van der Waals surface area contributed by atoms with Gasteiger partial charge in [0, 0.05) is 38.3 Å². The largest absolute Gasteiger partial charge is 0.481 e. The van der Waals surface area contributed by atoms with Gasteiger partial charge in [0.05, 0.1) is 28.7 Å². The third-order valence-corrected chi connectivity index (χ3v) is 8.62. The van der Waals surface area contributed by atoms with Crippen LogP contribution in [0.2, 0.25) is 0 Å². The van der Waals surface area contributed by atoms with Gasteiger partial charge >= 0.3 is 5.97 Å². The molecule has 2 unspecified atom stereocenters. The van der Waals surface area contributed by atoms with Crippen molar-refractivity contribution in [2.75, 3.05) is 43.0 Å². The molecule has 0 bridgehead atoms. The van der Waals surface area contributed by atoms with Gasteiger partial charge in [-0.3, -0.25) is 19.2 Å². The molecule has 0 spiro atoms. The molecule has 43 heavy (non-hydrogen) atoms. The van der Waals surface area contributed by atoms with E-state index >= 15 is 0 Å². The number of amides is 3. The van der Waals surface area contributed by atoms with Gasteiger partial charge in [0.25, 0.3) is 17.7 Å². The summed E-state index contributed by atoms with van der Waals surface area (Å²) in [4.78, 5) is 55.8. The Bertz CT molecular complexity index is 1450. The van der Waals surface area contributed by atoms with E-state index < -0.39 is 24.0 Å². The highest BCUT2D eigenvalue weighted by Crippen LogP contribution is 2.30. The Labute approximate surface area is 254 Å². The molecule has 3 heterocycles. The number of carbonyl (C=O) groups is 4. The minimum absolute atomic E-state index is 0.0141. The highest BCUT2D eigenvalue weighted by molar-refractivity contribution is 7.12. The molecule has 11 heteroatoms. The normalized spacial score (nSPS) is 17.7. The first kappa shape index (κ1) is 30.2. The summed E-state index contributed by atoms with van der Waals surface area (Å²) in [7, 11) is 0. The molecule has 3 amide bonds. The first-order valence-corrected chi connectivity index (χ1v) is 15.4. The maximum atomic E-state index is 13.4. The number of carboxylic acids is 1. The molecule has 0 radical (unpaired) electrons. The van der Waals surface area contributed by atoms with E-state index in [4.69, 9.17) is 4.74 Å².